The van der Waals surface area contributed by atoms with Gasteiger partial charge < -0.3 is 10.7 Å². The Labute approximate surface area is 207 Å². The summed E-state index contributed by atoms with van der Waals surface area (Å²) < 4.78 is 40.6. The van der Waals surface area contributed by atoms with Gasteiger partial charge >= 0.3 is 6.18 Å². The van der Waals surface area contributed by atoms with Gasteiger partial charge in [0.15, 0.2) is 0 Å². The van der Waals surface area contributed by atoms with Gasteiger partial charge in [0.2, 0.25) is 0 Å². The van der Waals surface area contributed by atoms with Crippen molar-refractivity contribution in [3.05, 3.63) is 63.8 Å². The molecule has 1 unspecified atom stereocenters. The standard InChI is InChI=1S/C26H31F3N6O/c27-26(28,29)19-9-10-20-22(17-19)32-24(35(30)25(20)36)7-3-4-12-33-13-15-34(16-14-33)23-11-8-18-5-1-2-6-21(18)31-23/h1-2,5-6,8,11,19H,3-4,7,9-10,12-17,30H2. The van der Waals surface area contributed by atoms with Crippen molar-refractivity contribution in [3.8, 4) is 0 Å². The van der Waals surface area contributed by atoms with Crippen LogP contribution in [0.5, 0.6) is 0 Å². The molecule has 1 saturated heterocycles. The molecule has 2 aliphatic rings. The smallest absolute Gasteiger partial charge is 0.354 e. The van der Waals surface area contributed by atoms with E-state index in [0.29, 0.717) is 17.8 Å². The molecule has 5 rings (SSSR count). The monoisotopic (exact) mass is 500 g/mol. The van der Waals surface area contributed by atoms with E-state index in [9.17, 15) is 18.0 Å². The molecule has 192 valence electrons. The van der Waals surface area contributed by atoms with E-state index in [-0.39, 0.29) is 25.0 Å². The fraction of sp³-hybridized carbons (Fsp3) is 0.500. The summed E-state index contributed by atoms with van der Waals surface area (Å²) >= 11 is 0. The fourth-order valence-corrected chi connectivity index (χ4v) is 5.24. The van der Waals surface area contributed by atoms with Gasteiger partial charge in [-0.15, -0.1) is 0 Å². The first kappa shape index (κ1) is 24.5. The van der Waals surface area contributed by atoms with E-state index in [0.717, 1.165) is 67.0 Å². The number of benzene rings is 1. The molecule has 36 heavy (non-hydrogen) atoms. The number of anilines is 1. The second-order valence-corrected chi connectivity index (χ2v) is 9.76. The van der Waals surface area contributed by atoms with E-state index in [4.69, 9.17) is 10.8 Å². The summed E-state index contributed by atoms with van der Waals surface area (Å²) in [6, 6.07) is 12.3. The van der Waals surface area contributed by atoms with Crippen LogP contribution in [0.4, 0.5) is 19.0 Å². The highest BCUT2D eigenvalue weighted by atomic mass is 19.4. The third-order valence-electron chi connectivity index (χ3n) is 7.42. The number of aromatic nitrogens is 3. The Kier molecular flexibility index (Phi) is 6.87. The van der Waals surface area contributed by atoms with Crippen molar-refractivity contribution in [2.24, 2.45) is 5.92 Å². The molecule has 0 bridgehead atoms. The van der Waals surface area contributed by atoms with Gasteiger partial charge in [-0.2, -0.15) is 13.2 Å². The quantitative estimate of drug-likeness (QED) is 0.413. The van der Waals surface area contributed by atoms with E-state index in [1.54, 1.807) is 0 Å². The van der Waals surface area contributed by atoms with Gasteiger partial charge in [-0.05, 0) is 50.4 Å². The SMILES string of the molecule is Nn1c(CCCCN2CCN(c3ccc4ccccc4n3)CC2)nc2c(c1=O)CCC(C(F)(F)F)C2. The predicted octanol–water partition coefficient (Wildman–Crippen LogP) is 3.32. The van der Waals surface area contributed by atoms with Crippen molar-refractivity contribution in [3.63, 3.8) is 0 Å². The van der Waals surface area contributed by atoms with Gasteiger partial charge in [0, 0.05) is 50.0 Å². The number of nitrogens with two attached hydrogens (primary N) is 1. The van der Waals surface area contributed by atoms with E-state index in [1.807, 2.05) is 18.2 Å². The van der Waals surface area contributed by atoms with Crippen LogP contribution in [0, 0.1) is 5.92 Å². The Morgan fingerprint density at radius 2 is 1.78 bits per heavy atom. The zero-order chi connectivity index (χ0) is 25.3. The number of piperazine rings is 1. The lowest BCUT2D eigenvalue weighted by Gasteiger charge is -2.35. The number of pyridine rings is 1. The number of nitrogens with zero attached hydrogens (tertiary/aromatic N) is 5. The second-order valence-electron chi connectivity index (χ2n) is 9.76. The molecule has 1 fully saturated rings. The summed E-state index contributed by atoms with van der Waals surface area (Å²) in [5.74, 6) is 5.88. The molecule has 10 heteroatoms. The number of para-hydroxylation sites is 1. The molecular weight excluding hydrogens is 469 g/mol. The Hall–Kier alpha value is -3.14. The lowest BCUT2D eigenvalue weighted by atomic mass is 9.87. The predicted molar refractivity (Wildman–Crippen MR) is 134 cm³/mol. The number of nitrogen functional groups attached to an aromatic ring is 1. The van der Waals surface area contributed by atoms with E-state index < -0.39 is 17.7 Å². The minimum atomic E-state index is -4.27. The highest BCUT2D eigenvalue weighted by Crippen LogP contribution is 2.35. The van der Waals surface area contributed by atoms with Crippen LogP contribution < -0.4 is 16.3 Å². The van der Waals surface area contributed by atoms with Crippen molar-refractivity contribution in [2.75, 3.05) is 43.5 Å². The maximum atomic E-state index is 13.2. The van der Waals surface area contributed by atoms with Gasteiger partial charge in [0.05, 0.1) is 17.1 Å². The first-order valence-corrected chi connectivity index (χ1v) is 12.6. The molecule has 1 aromatic carbocycles. The van der Waals surface area contributed by atoms with Crippen molar-refractivity contribution in [1.82, 2.24) is 19.5 Å². The first-order valence-electron chi connectivity index (χ1n) is 12.6. The second kappa shape index (κ2) is 10.1. The Balaban J connectivity index is 1.12. The van der Waals surface area contributed by atoms with Crippen molar-refractivity contribution in [2.45, 2.75) is 44.7 Å². The van der Waals surface area contributed by atoms with Crippen LogP contribution in [0.15, 0.2) is 41.2 Å². The summed E-state index contributed by atoms with van der Waals surface area (Å²) in [7, 11) is 0. The van der Waals surface area contributed by atoms with Crippen LogP contribution in [0.1, 0.15) is 36.3 Å². The van der Waals surface area contributed by atoms with Crippen LogP contribution in [0.2, 0.25) is 0 Å². The Morgan fingerprint density at radius 1 is 1.00 bits per heavy atom. The maximum Gasteiger partial charge on any atom is 0.392 e. The van der Waals surface area contributed by atoms with E-state index in [2.05, 4.69) is 33.0 Å². The molecule has 2 N–H and O–H groups in total. The summed E-state index contributed by atoms with van der Waals surface area (Å²) in [4.78, 5) is 26.5. The maximum absolute atomic E-state index is 13.2. The van der Waals surface area contributed by atoms with Gasteiger partial charge in [-0.25, -0.2) is 14.6 Å². The first-order chi connectivity index (χ1) is 17.3. The van der Waals surface area contributed by atoms with Crippen molar-refractivity contribution in [1.29, 1.82) is 0 Å². The molecule has 1 aliphatic carbocycles. The summed E-state index contributed by atoms with van der Waals surface area (Å²) in [5, 5.41) is 1.14. The number of aryl methyl sites for hydroxylation is 1. The average Bonchev–Trinajstić information content (AvgIpc) is 2.88. The lowest BCUT2D eigenvalue weighted by Crippen LogP contribution is -2.46. The Morgan fingerprint density at radius 3 is 2.56 bits per heavy atom. The number of halogens is 3. The molecule has 1 aliphatic heterocycles. The molecule has 2 aromatic heterocycles. The molecule has 1 atom stereocenters. The third kappa shape index (κ3) is 5.18. The topological polar surface area (TPSA) is 80.3 Å². The van der Waals surface area contributed by atoms with Gasteiger partial charge in [-0.3, -0.25) is 9.69 Å². The zero-order valence-electron chi connectivity index (χ0n) is 20.2. The number of rotatable bonds is 6. The van der Waals surface area contributed by atoms with Gasteiger partial charge in [0.1, 0.15) is 11.6 Å². The summed E-state index contributed by atoms with van der Waals surface area (Å²) in [6.07, 6.45) is -2.40. The fourth-order valence-electron chi connectivity index (χ4n) is 5.24. The van der Waals surface area contributed by atoms with Crippen LogP contribution in [0.25, 0.3) is 10.9 Å². The van der Waals surface area contributed by atoms with Gasteiger partial charge in [0.25, 0.3) is 5.56 Å². The molecule has 7 nitrogen and oxygen atoms in total. The molecule has 3 heterocycles. The van der Waals surface area contributed by atoms with Gasteiger partial charge in [-0.1, -0.05) is 18.2 Å². The molecule has 0 amide bonds. The number of alkyl halides is 3. The largest absolute Gasteiger partial charge is 0.392 e. The van der Waals surface area contributed by atoms with Crippen LogP contribution >= 0.6 is 0 Å². The third-order valence-corrected chi connectivity index (χ3v) is 7.42. The minimum absolute atomic E-state index is 0.0729. The number of unbranched alkanes of at least 4 members (excludes halogenated alkanes) is 1. The van der Waals surface area contributed by atoms with Crippen LogP contribution in [-0.4, -0.2) is 58.4 Å². The average molecular weight is 501 g/mol. The number of hydrogen-bond donors (Lipinski definition) is 1. The van der Waals surface area contributed by atoms with E-state index >= 15 is 0 Å². The summed E-state index contributed by atoms with van der Waals surface area (Å²) in [5.41, 5.74) is 1.19. The van der Waals surface area contributed by atoms with Crippen LogP contribution in [-0.2, 0) is 19.3 Å². The molecule has 0 radical (unpaired) electrons. The molecular formula is C26H31F3N6O. The number of fused-ring (bicyclic) bond motifs is 2. The highest BCUT2D eigenvalue weighted by molar-refractivity contribution is 5.80. The summed E-state index contributed by atoms with van der Waals surface area (Å²) in [6.45, 7) is 4.59. The van der Waals surface area contributed by atoms with Crippen molar-refractivity contribution >= 4 is 16.7 Å². The van der Waals surface area contributed by atoms with Crippen molar-refractivity contribution < 1.29 is 13.2 Å². The molecule has 0 saturated carbocycles. The Bertz CT molecular complexity index is 1280. The lowest BCUT2D eigenvalue weighted by molar-refractivity contribution is -0.177. The van der Waals surface area contributed by atoms with Crippen LogP contribution in [0.3, 0.4) is 0 Å². The highest BCUT2D eigenvalue weighted by Gasteiger charge is 2.42. The normalized spacial score (nSPS) is 19.0. The molecule has 3 aromatic rings. The van der Waals surface area contributed by atoms with E-state index in [1.165, 1.54) is 0 Å². The molecule has 0 spiro atoms. The zero-order valence-corrected chi connectivity index (χ0v) is 20.2. The minimum Gasteiger partial charge on any atom is -0.354 e. The number of hydrogen-bond acceptors (Lipinski definition) is 6.